The molecular formula is C26H23FN6O4S. The molecule has 1 fully saturated rings. The van der Waals surface area contributed by atoms with Gasteiger partial charge in [0, 0.05) is 11.8 Å². The number of aromatic nitrogens is 4. The number of carbonyl (C=O) groups is 1. The van der Waals surface area contributed by atoms with Gasteiger partial charge in [0.15, 0.2) is 0 Å². The average Bonchev–Trinajstić information content (AvgIpc) is 3.44. The number of ether oxygens (including phenoxy) is 1. The van der Waals surface area contributed by atoms with Crippen molar-refractivity contribution in [2.45, 2.75) is 13.5 Å². The molecular weight excluding hydrogens is 511 g/mol. The Kier molecular flexibility index (Phi) is 6.04. The Balaban J connectivity index is 1.52. The first-order valence-electron chi connectivity index (χ1n) is 12.0. The molecule has 38 heavy (non-hydrogen) atoms. The summed E-state index contributed by atoms with van der Waals surface area (Å²) in [7, 11) is 0. The number of thiazole rings is 1. The number of nitrogens with one attached hydrogen (secondary N) is 1. The van der Waals surface area contributed by atoms with E-state index in [9.17, 15) is 18.8 Å². The van der Waals surface area contributed by atoms with Gasteiger partial charge in [-0.25, -0.2) is 14.1 Å². The van der Waals surface area contributed by atoms with Crippen molar-refractivity contribution in [3.8, 4) is 5.13 Å². The minimum absolute atomic E-state index is 0.271. The highest BCUT2D eigenvalue weighted by atomic mass is 32.1. The van der Waals surface area contributed by atoms with Crippen LogP contribution in [0.1, 0.15) is 5.69 Å². The SMILES string of the molecule is Cc1c2c(=O)n(-c3nc4ccccc4s3)n(CC(=O)Nc3ccc(F)cc3)c2cc(=O)n1N1CCOCC1. The van der Waals surface area contributed by atoms with Gasteiger partial charge >= 0.3 is 0 Å². The van der Waals surface area contributed by atoms with Crippen molar-refractivity contribution in [3.05, 3.63) is 86.8 Å². The molecule has 3 aromatic heterocycles. The van der Waals surface area contributed by atoms with Gasteiger partial charge in [-0.1, -0.05) is 23.5 Å². The Morgan fingerprint density at radius 3 is 2.58 bits per heavy atom. The van der Waals surface area contributed by atoms with E-state index < -0.39 is 11.7 Å². The lowest BCUT2D eigenvalue weighted by Crippen LogP contribution is -2.49. The summed E-state index contributed by atoms with van der Waals surface area (Å²) in [5.74, 6) is -0.866. The van der Waals surface area contributed by atoms with E-state index >= 15 is 0 Å². The van der Waals surface area contributed by atoms with Crippen LogP contribution in [0, 0.1) is 12.7 Å². The fourth-order valence-corrected chi connectivity index (χ4v) is 5.74. The number of aryl methyl sites for hydroxylation is 1. The van der Waals surface area contributed by atoms with Crippen LogP contribution in [0.25, 0.3) is 26.3 Å². The van der Waals surface area contributed by atoms with Crippen LogP contribution in [0.5, 0.6) is 0 Å². The number of benzene rings is 2. The van der Waals surface area contributed by atoms with Crippen LogP contribution in [-0.4, -0.2) is 51.2 Å². The molecule has 0 unspecified atom stereocenters. The standard InChI is InChI=1S/C26H23FN6O4S/c1-16-24-20(14-23(35)32(16)30-10-12-37-13-11-30)31(15-22(34)28-18-8-6-17(27)7-9-18)33(25(24)36)26-29-19-4-2-3-5-21(19)38-26/h2-9,14H,10-13,15H2,1H3,(H,28,34). The molecule has 6 rings (SSSR count). The summed E-state index contributed by atoms with van der Waals surface area (Å²) in [6.07, 6.45) is 0. The monoisotopic (exact) mass is 534 g/mol. The maximum Gasteiger partial charge on any atom is 0.283 e. The van der Waals surface area contributed by atoms with Crippen LogP contribution in [0.2, 0.25) is 0 Å². The van der Waals surface area contributed by atoms with Gasteiger partial charge in [0.2, 0.25) is 11.0 Å². The van der Waals surface area contributed by atoms with Gasteiger partial charge in [-0.3, -0.25) is 19.1 Å². The molecule has 0 bridgehead atoms. The lowest BCUT2D eigenvalue weighted by Gasteiger charge is -2.31. The highest BCUT2D eigenvalue weighted by Crippen LogP contribution is 2.26. The maximum atomic E-state index is 13.9. The van der Waals surface area contributed by atoms with Crippen molar-refractivity contribution in [3.63, 3.8) is 0 Å². The average molecular weight is 535 g/mol. The van der Waals surface area contributed by atoms with Crippen LogP contribution >= 0.6 is 11.3 Å². The molecule has 5 aromatic rings. The van der Waals surface area contributed by atoms with E-state index in [-0.39, 0.29) is 17.7 Å². The van der Waals surface area contributed by atoms with Crippen molar-refractivity contribution >= 4 is 44.1 Å². The zero-order valence-electron chi connectivity index (χ0n) is 20.4. The number of halogens is 1. The number of pyridine rings is 1. The van der Waals surface area contributed by atoms with Crippen molar-refractivity contribution in [1.29, 1.82) is 0 Å². The van der Waals surface area contributed by atoms with Crippen molar-refractivity contribution < 1.29 is 13.9 Å². The molecule has 1 N–H and O–H groups in total. The summed E-state index contributed by atoms with van der Waals surface area (Å²) in [4.78, 5) is 45.0. The number of para-hydroxylation sites is 1. The Morgan fingerprint density at radius 2 is 1.84 bits per heavy atom. The van der Waals surface area contributed by atoms with E-state index in [1.165, 1.54) is 55.7 Å². The number of anilines is 1. The molecule has 0 saturated carbocycles. The molecule has 1 amide bonds. The van der Waals surface area contributed by atoms with E-state index in [0.717, 1.165) is 10.2 Å². The molecule has 10 nitrogen and oxygen atoms in total. The molecule has 12 heteroatoms. The quantitative estimate of drug-likeness (QED) is 0.372. The van der Waals surface area contributed by atoms with E-state index in [2.05, 4.69) is 10.3 Å². The van der Waals surface area contributed by atoms with Gasteiger partial charge in [0.1, 0.15) is 12.4 Å². The molecule has 0 aliphatic carbocycles. The molecule has 1 aliphatic rings. The van der Waals surface area contributed by atoms with Gasteiger partial charge in [-0.15, -0.1) is 0 Å². The first kappa shape index (κ1) is 24.1. The van der Waals surface area contributed by atoms with Crippen LogP contribution in [0.4, 0.5) is 10.1 Å². The number of fused-ring (bicyclic) bond motifs is 2. The summed E-state index contributed by atoms with van der Waals surface area (Å²) in [5.41, 5.74) is 1.24. The normalized spacial score (nSPS) is 13.9. The first-order valence-corrected chi connectivity index (χ1v) is 12.8. The molecule has 1 saturated heterocycles. The Labute approximate surface area is 219 Å². The van der Waals surface area contributed by atoms with Crippen molar-refractivity contribution in [2.24, 2.45) is 0 Å². The number of carbonyl (C=O) groups excluding carboxylic acids is 1. The molecule has 194 valence electrons. The highest BCUT2D eigenvalue weighted by molar-refractivity contribution is 7.20. The Morgan fingerprint density at radius 1 is 1.11 bits per heavy atom. The van der Waals surface area contributed by atoms with Gasteiger partial charge in [0.25, 0.3) is 11.1 Å². The molecule has 1 aliphatic heterocycles. The second-order valence-electron chi connectivity index (χ2n) is 8.90. The smallest absolute Gasteiger partial charge is 0.283 e. The topological polar surface area (TPSA) is 103 Å². The summed E-state index contributed by atoms with van der Waals surface area (Å²) < 4.78 is 24.0. The van der Waals surface area contributed by atoms with Gasteiger partial charge in [0.05, 0.1) is 53.1 Å². The largest absolute Gasteiger partial charge is 0.378 e. The third kappa shape index (κ3) is 4.17. The second-order valence-corrected chi connectivity index (χ2v) is 9.91. The number of nitrogens with zero attached hydrogens (tertiary/aromatic N) is 5. The third-order valence-electron chi connectivity index (χ3n) is 6.49. The summed E-state index contributed by atoms with van der Waals surface area (Å²) in [6.45, 7) is 3.44. The van der Waals surface area contributed by atoms with Crippen molar-refractivity contribution in [1.82, 2.24) is 19.0 Å². The second kappa shape index (κ2) is 9.54. The lowest BCUT2D eigenvalue weighted by atomic mass is 10.2. The van der Waals surface area contributed by atoms with Gasteiger partial charge < -0.3 is 15.1 Å². The molecule has 4 heterocycles. The summed E-state index contributed by atoms with van der Waals surface area (Å²) in [5, 5.41) is 5.29. The molecule has 0 radical (unpaired) electrons. The van der Waals surface area contributed by atoms with Gasteiger partial charge in [-0.05, 0) is 43.3 Å². The van der Waals surface area contributed by atoms with Crippen LogP contribution in [-0.2, 0) is 16.1 Å². The van der Waals surface area contributed by atoms with E-state index in [1.54, 1.807) is 6.92 Å². The first-order chi connectivity index (χ1) is 18.4. The molecule has 0 spiro atoms. The molecule has 0 atom stereocenters. The molecule has 2 aromatic carbocycles. The minimum Gasteiger partial charge on any atom is -0.378 e. The highest BCUT2D eigenvalue weighted by Gasteiger charge is 2.25. The third-order valence-corrected chi connectivity index (χ3v) is 7.50. The van der Waals surface area contributed by atoms with Crippen LogP contribution in [0.15, 0.2) is 64.2 Å². The summed E-state index contributed by atoms with van der Waals surface area (Å²) in [6, 6.07) is 14.3. The fraction of sp³-hybridized carbons (Fsp3) is 0.231. The number of hydrogen-bond acceptors (Lipinski definition) is 7. The van der Waals surface area contributed by atoms with Crippen LogP contribution < -0.4 is 21.4 Å². The fourth-order valence-electron chi connectivity index (χ4n) is 4.77. The number of amides is 1. The van der Waals surface area contributed by atoms with E-state index in [4.69, 9.17) is 4.74 Å². The van der Waals surface area contributed by atoms with E-state index in [1.807, 2.05) is 29.3 Å². The number of hydrogen-bond donors (Lipinski definition) is 1. The number of rotatable bonds is 5. The van der Waals surface area contributed by atoms with E-state index in [0.29, 0.717) is 53.7 Å². The number of morpholine rings is 1. The predicted molar refractivity (Wildman–Crippen MR) is 144 cm³/mol. The lowest BCUT2D eigenvalue weighted by molar-refractivity contribution is -0.116. The van der Waals surface area contributed by atoms with Crippen molar-refractivity contribution in [2.75, 3.05) is 36.6 Å². The zero-order valence-corrected chi connectivity index (χ0v) is 21.2. The predicted octanol–water partition coefficient (Wildman–Crippen LogP) is 2.62. The Hall–Kier alpha value is -4.29. The van der Waals surface area contributed by atoms with Gasteiger partial charge in [-0.2, -0.15) is 4.68 Å². The maximum absolute atomic E-state index is 13.9. The Bertz CT molecular complexity index is 1760. The minimum atomic E-state index is -0.446. The summed E-state index contributed by atoms with van der Waals surface area (Å²) >= 11 is 1.31. The van der Waals surface area contributed by atoms with Crippen LogP contribution in [0.3, 0.4) is 0 Å². The zero-order chi connectivity index (χ0) is 26.4.